The van der Waals surface area contributed by atoms with Crippen LogP contribution in [0.3, 0.4) is 0 Å². The molecule has 5 nitrogen and oxygen atoms in total. The molecule has 2 unspecified atom stereocenters. The van der Waals surface area contributed by atoms with E-state index in [0.29, 0.717) is 11.9 Å². The van der Waals surface area contributed by atoms with Crippen LogP contribution in [0.25, 0.3) is 0 Å². The van der Waals surface area contributed by atoms with Crippen molar-refractivity contribution in [2.75, 3.05) is 45.9 Å². The minimum Gasteiger partial charge on any atom is -0.375 e. The van der Waals surface area contributed by atoms with Gasteiger partial charge in [-0.3, -0.25) is 4.99 Å². The number of ether oxygens (including phenoxy) is 1. The molecular weight excluding hydrogens is 240 g/mol. The quantitative estimate of drug-likeness (QED) is 0.604. The molecule has 0 aliphatic carbocycles. The third-order valence-electron chi connectivity index (χ3n) is 3.99. The van der Waals surface area contributed by atoms with E-state index in [-0.39, 0.29) is 6.10 Å². The van der Waals surface area contributed by atoms with Gasteiger partial charge in [-0.2, -0.15) is 0 Å². The van der Waals surface area contributed by atoms with Crippen LogP contribution in [0.4, 0.5) is 0 Å². The fraction of sp³-hybridized carbons (Fsp3) is 0.929. The van der Waals surface area contributed by atoms with Crippen LogP contribution in [0.2, 0.25) is 0 Å². The smallest absolute Gasteiger partial charge is 0.191 e. The first-order chi connectivity index (χ1) is 9.19. The Balaban J connectivity index is 1.75. The molecule has 2 saturated heterocycles. The molecule has 0 amide bonds. The summed E-state index contributed by atoms with van der Waals surface area (Å²) in [4.78, 5) is 9.28. The number of hydrogen-bond donors (Lipinski definition) is 1. The number of rotatable bonds is 4. The number of nitrogens with zero attached hydrogens (tertiary/aromatic N) is 3. The zero-order valence-corrected chi connectivity index (χ0v) is 12.3. The van der Waals surface area contributed by atoms with E-state index in [4.69, 9.17) is 10.5 Å². The Hall–Kier alpha value is -0.810. The lowest BCUT2D eigenvalue weighted by Crippen LogP contribution is -2.48. The van der Waals surface area contributed by atoms with E-state index >= 15 is 0 Å². The van der Waals surface area contributed by atoms with Crippen molar-refractivity contribution in [1.82, 2.24) is 9.80 Å². The first-order valence-corrected chi connectivity index (χ1v) is 7.58. The molecule has 2 N–H and O–H groups in total. The number of likely N-dealkylation sites (tertiary alicyclic amines) is 1. The van der Waals surface area contributed by atoms with Crippen LogP contribution in [0.5, 0.6) is 0 Å². The van der Waals surface area contributed by atoms with Crippen molar-refractivity contribution < 1.29 is 4.74 Å². The van der Waals surface area contributed by atoms with Crippen molar-refractivity contribution >= 4 is 5.96 Å². The molecular formula is C14H28N4O. The van der Waals surface area contributed by atoms with Gasteiger partial charge in [-0.05, 0) is 38.8 Å². The molecule has 0 spiro atoms. The number of guanidine groups is 1. The zero-order chi connectivity index (χ0) is 13.7. The highest BCUT2D eigenvalue weighted by Gasteiger charge is 2.22. The summed E-state index contributed by atoms with van der Waals surface area (Å²) in [5.74, 6) is 1.38. The highest BCUT2D eigenvalue weighted by atomic mass is 16.5. The molecule has 0 aromatic heterocycles. The predicted molar refractivity (Wildman–Crippen MR) is 78.3 cm³/mol. The standard InChI is InChI=1S/C14H28N4O/c1-3-5-17-6-4-13(11-17)9-16-14(15)18-7-8-19-12(2)10-18/h12-13H,3-11H2,1-2H3,(H2,15,16). The maximum atomic E-state index is 6.09. The average Bonchev–Trinajstić information content (AvgIpc) is 2.84. The number of morpholine rings is 1. The van der Waals surface area contributed by atoms with E-state index in [1.165, 1.54) is 32.5 Å². The first kappa shape index (κ1) is 14.6. The molecule has 2 aliphatic rings. The normalized spacial score (nSPS) is 30.0. The summed E-state index contributed by atoms with van der Waals surface area (Å²) in [6.45, 7) is 11.3. The Kier molecular flexibility index (Phi) is 5.45. The fourth-order valence-corrected chi connectivity index (χ4v) is 2.93. The molecule has 5 heteroatoms. The van der Waals surface area contributed by atoms with Crippen LogP contribution in [0.1, 0.15) is 26.7 Å². The minimum absolute atomic E-state index is 0.258. The van der Waals surface area contributed by atoms with Crippen molar-refractivity contribution in [2.45, 2.75) is 32.8 Å². The van der Waals surface area contributed by atoms with Crippen LogP contribution < -0.4 is 5.73 Å². The van der Waals surface area contributed by atoms with Crippen molar-refractivity contribution in [3.63, 3.8) is 0 Å². The molecule has 0 aromatic carbocycles. The largest absolute Gasteiger partial charge is 0.375 e. The summed E-state index contributed by atoms with van der Waals surface area (Å²) in [5.41, 5.74) is 6.09. The fourth-order valence-electron chi connectivity index (χ4n) is 2.93. The lowest BCUT2D eigenvalue weighted by atomic mass is 10.1. The van der Waals surface area contributed by atoms with E-state index in [1.807, 2.05) is 0 Å². The van der Waals surface area contributed by atoms with Crippen LogP contribution in [-0.4, -0.2) is 67.7 Å². The van der Waals surface area contributed by atoms with Gasteiger partial charge in [0.15, 0.2) is 5.96 Å². The first-order valence-electron chi connectivity index (χ1n) is 7.58. The van der Waals surface area contributed by atoms with Crippen molar-refractivity contribution in [3.8, 4) is 0 Å². The Labute approximate surface area is 116 Å². The van der Waals surface area contributed by atoms with Crippen molar-refractivity contribution in [1.29, 1.82) is 0 Å². The Morgan fingerprint density at radius 3 is 2.95 bits per heavy atom. The molecule has 2 heterocycles. The molecule has 2 aliphatic heterocycles. The SMILES string of the molecule is CCCN1CCC(CN=C(N)N2CCOC(C)C2)C1. The molecule has 2 rings (SSSR count). The van der Waals surface area contributed by atoms with E-state index in [0.717, 1.165) is 26.2 Å². The molecule has 0 radical (unpaired) electrons. The summed E-state index contributed by atoms with van der Waals surface area (Å²) in [6.07, 6.45) is 2.76. The maximum Gasteiger partial charge on any atom is 0.191 e. The van der Waals surface area contributed by atoms with Gasteiger partial charge in [0.25, 0.3) is 0 Å². The second kappa shape index (κ2) is 7.10. The summed E-state index contributed by atoms with van der Waals surface area (Å²) in [5, 5.41) is 0. The van der Waals surface area contributed by atoms with Crippen LogP contribution >= 0.6 is 0 Å². The van der Waals surface area contributed by atoms with Crippen LogP contribution in [0.15, 0.2) is 4.99 Å². The monoisotopic (exact) mass is 268 g/mol. The third-order valence-corrected chi connectivity index (χ3v) is 3.99. The van der Waals surface area contributed by atoms with Gasteiger partial charge in [-0.15, -0.1) is 0 Å². The van der Waals surface area contributed by atoms with Gasteiger partial charge in [-0.1, -0.05) is 6.92 Å². The minimum atomic E-state index is 0.258. The highest BCUT2D eigenvalue weighted by molar-refractivity contribution is 5.78. The lowest BCUT2D eigenvalue weighted by molar-refractivity contribution is 0.00528. The summed E-state index contributed by atoms with van der Waals surface area (Å²) in [6, 6.07) is 0. The Morgan fingerprint density at radius 1 is 1.37 bits per heavy atom. The van der Waals surface area contributed by atoms with Gasteiger partial charge in [-0.25, -0.2) is 0 Å². The van der Waals surface area contributed by atoms with E-state index in [9.17, 15) is 0 Å². The van der Waals surface area contributed by atoms with Gasteiger partial charge in [0, 0.05) is 26.2 Å². The number of hydrogen-bond acceptors (Lipinski definition) is 3. The van der Waals surface area contributed by atoms with E-state index < -0.39 is 0 Å². The number of aliphatic imine (C=N–C) groups is 1. The lowest BCUT2D eigenvalue weighted by Gasteiger charge is -2.32. The van der Waals surface area contributed by atoms with E-state index in [2.05, 4.69) is 28.6 Å². The summed E-state index contributed by atoms with van der Waals surface area (Å²) in [7, 11) is 0. The average molecular weight is 268 g/mol. The van der Waals surface area contributed by atoms with Gasteiger partial charge >= 0.3 is 0 Å². The highest BCUT2D eigenvalue weighted by Crippen LogP contribution is 2.16. The van der Waals surface area contributed by atoms with E-state index in [1.54, 1.807) is 0 Å². The number of nitrogens with two attached hydrogens (primary N) is 1. The van der Waals surface area contributed by atoms with Gasteiger partial charge in [0.2, 0.25) is 0 Å². The Morgan fingerprint density at radius 2 is 2.21 bits per heavy atom. The second-order valence-electron chi connectivity index (χ2n) is 5.78. The topological polar surface area (TPSA) is 54.1 Å². The molecule has 0 bridgehead atoms. The second-order valence-corrected chi connectivity index (χ2v) is 5.78. The molecule has 2 fully saturated rings. The van der Waals surface area contributed by atoms with Crippen LogP contribution in [-0.2, 0) is 4.74 Å². The maximum absolute atomic E-state index is 6.09. The molecule has 110 valence electrons. The van der Waals surface area contributed by atoms with Crippen LogP contribution in [0, 0.1) is 5.92 Å². The molecule has 0 saturated carbocycles. The van der Waals surface area contributed by atoms with Crippen molar-refractivity contribution in [2.24, 2.45) is 16.6 Å². The third kappa shape index (κ3) is 4.35. The predicted octanol–water partition coefficient (Wildman–Crippen LogP) is 0.754. The molecule has 19 heavy (non-hydrogen) atoms. The van der Waals surface area contributed by atoms with Crippen molar-refractivity contribution in [3.05, 3.63) is 0 Å². The molecule has 2 atom stereocenters. The zero-order valence-electron chi connectivity index (χ0n) is 12.3. The summed E-state index contributed by atoms with van der Waals surface area (Å²) >= 11 is 0. The van der Waals surface area contributed by atoms with Gasteiger partial charge in [0.1, 0.15) is 0 Å². The summed E-state index contributed by atoms with van der Waals surface area (Å²) < 4.78 is 5.52. The van der Waals surface area contributed by atoms with Gasteiger partial charge in [0.05, 0.1) is 12.7 Å². The Bertz CT molecular complexity index is 308. The van der Waals surface area contributed by atoms with Gasteiger partial charge < -0.3 is 20.3 Å². The molecule has 0 aromatic rings.